The van der Waals surface area contributed by atoms with Crippen LogP contribution in [-0.2, 0) is 4.79 Å². The Labute approximate surface area is 181 Å². The Morgan fingerprint density at radius 3 is 3.03 bits per heavy atom. The van der Waals surface area contributed by atoms with Crippen molar-refractivity contribution in [1.82, 2.24) is 19.7 Å². The third kappa shape index (κ3) is 3.02. The van der Waals surface area contributed by atoms with Crippen LogP contribution in [0.5, 0.6) is 0 Å². The summed E-state index contributed by atoms with van der Waals surface area (Å²) >= 11 is 1.63. The van der Waals surface area contributed by atoms with E-state index in [4.69, 9.17) is 10.2 Å². The lowest BCUT2D eigenvalue weighted by Gasteiger charge is -2.20. The first-order valence-corrected chi connectivity index (χ1v) is 11.1. The first-order valence-electron chi connectivity index (χ1n) is 10.2. The maximum absolute atomic E-state index is 11.9. The molecule has 2 N–H and O–H groups in total. The second kappa shape index (κ2) is 7.02. The minimum absolute atomic E-state index is 0.123. The molecule has 6 rings (SSSR count). The molecular weight excluding hydrogens is 410 g/mol. The molecule has 1 saturated carbocycles. The van der Waals surface area contributed by atoms with Gasteiger partial charge < -0.3 is 10.2 Å². The molecule has 5 aromatic heterocycles. The summed E-state index contributed by atoms with van der Waals surface area (Å²) in [5.74, 6) is 1.41. The van der Waals surface area contributed by atoms with E-state index < -0.39 is 0 Å². The van der Waals surface area contributed by atoms with Crippen molar-refractivity contribution in [3.8, 4) is 22.5 Å². The predicted octanol–water partition coefficient (Wildman–Crippen LogP) is 5.23. The Kier molecular flexibility index (Phi) is 4.14. The van der Waals surface area contributed by atoms with Gasteiger partial charge in [0.25, 0.3) is 0 Å². The molecule has 0 aromatic carbocycles. The highest BCUT2D eigenvalue weighted by Gasteiger charge is 2.23. The highest BCUT2D eigenvalue weighted by Crippen LogP contribution is 2.40. The van der Waals surface area contributed by atoms with E-state index in [1.807, 2.05) is 35.4 Å². The number of aromatic nitrogens is 4. The molecule has 0 radical (unpaired) electrons. The molecule has 154 valence electrons. The van der Waals surface area contributed by atoms with E-state index in [0.29, 0.717) is 30.0 Å². The number of hydrogen-bond donors (Lipinski definition) is 1. The molecule has 8 heteroatoms. The molecule has 1 fully saturated rings. The van der Waals surface area contributed by atoms with Crippen molar-refractivity contribution in [2.75, 3.05) is 5.73 Å². The van der Waals surface area contributed by atoms with Crippen molar-refractivity contribution in [3.63, 3.8) is 0 Å². The Morgan fingerprint density at radius 2 is 2.13 bits per heavy atom. The summed E-state index contributed by atoms with van der Waals surface area (Å²) in [5.41, 5.74) is 9.58. The molecule has 0 amide bonds. The summed E-state index contributed by atoms with van der Waals surface area (Å²) in [6, 6.07) is 4.14. The van der Waals surface area contributed by atoms with E-state index in [1.54, 1.807) is 23.7 Å². The van der Waals surface area contributed by atoms with E-state index >= 15 is 0 Å². The quantitative estimate of drug-likeness (QED) is 0.421. The Bertz CT molecular complexity index is 1450. The summed E-state index contributed by atoms with van der Waals surface area (Å²) in [6.45, 7) is 0. The Balaban J connectivity index is 1.45. The number of carbonyl (C=O) groups is 1. The summed E-state index contributed by atoms with van der Waals surface area (Å²) in [7, 11) is 0. The number of nitrogen functional groups attached to an aromatic ring is 1. The average Bonchev–Trinajstić information content (AvgIpc) is 3.52. The molecule has 5 aromatic rings. The average molecular weight is 430 g/mol. The van der Waals surface area contributed by atoms with Gasteiger partial charge >= 0.3 is 0 Å². The monoisotopic (exact) mass is 429 g/mol. The van der Waals surface area contributed by atoms with Crippen LogP contribution in [0.25, 0.3) is 43.5 Å². The molecule has 0 bridgehead atoms. The van der Waals surface area contributed by atoms with Crippen molar-refractivity contribution in [1.29, 1.82) is 0 Å². The Morgan fingerprint density at radius 1 is 1.19 bits per heavy atom. The van der Waals surface area contributed by atoms with E-state index in [0.717, 1.165) is 50.8 Å². The second-order valence-corrected chi connectivity index (χ2v) is 8.84. The zero-order valence-corrected chi connectivity index (χ0v) is 17.4. The van der Waals surface area contributed by atoms with Crippen LogP contribution in [0.3, 0.4) is 0 Å². The molecule has 1 aliphatic carbocycles. The minimum atomic E-state index is 0.123. The molecule has 31 heavy (non-hydrogen) atoms. The van der Waals surface area contributed by atoms with Crippen molar-refractivity contribution in [2.24, 2.45) is 0 Å². The fourth-order valence-electron chi connectivity index (χ4n) is 4.38. The van der Waals surface area contributed by atoms with Gasteiger partial charge in [-0.3, -0.25) is 14.5 Å². The van der Waals surface area contributed by atoms with Crippen LogP contribution in [0, 0.1) is 0 Å². The number of nitrogens with two attached hydrogens (primary N) is 1. The van der Waals surface area contributed by atoms with Gasteiger partial charge in [0.2, 0.25) is 0 Å². The largest absolute Gasteiger partial charge is 0.452 e. The van der Waals surface area contributed by atoms with Gasteiger partial charge in [-0.1, -0.05) is 0 Å². The fraction of sp³-hybridized carbons (Fsp3) is 0.217. The zero-order valence-electron chi connectivity index (χ0n) is 16.6. The van der Waals surface area contributed by atoms with E-state index in [9.17, 15) is 4.79 Å². The summed E-state index contributed by atoms with van der Waals surface area (Å²) < 4.78 is 9.19. The fourth-order valence-corrected chi connectivity index (χ4v) is 5.30. The number of furan rings is 1. The van der Waals surface area contributed by atoms with Gasteiger partial charge in [-0.25, -0.2) is 4.98 Å². The third-order valence-corrected chi connectivity index (χ3v) is 6.91. The molecule has 0 unspecified atom stereocenters. The SMILES string of the molecule is Nc1ncc(-c2cnn([C@@H]3CCCC(=O)C3)c2)c2cc(-c3csc4cnccc34)oc12. The highest BCUT2D eigenvalue weighted by molar-refractivity contribution is 7.17. The number of pyridine rings is 2. The first kappa shape index (κ1) is 18.3. The van der Waals surface area contributed by atoms with Crippen LogP contribution in [0.1, 0.15) is 31.7 Å². The van der Waals surface area contributed by atoms with Gasteiger partial charge in [-0.2, -0.15) is 5.10 Å². The molecule has 0 aliphatic heterocycles. The van der Waals surface area contributed by atoms with Crippen LogP contribution in [0.15, 0.2) is 52.9 Å². The van der Waals surface area contributed by atoms with Crippen molar-refractivity contribution < 1.29 is 9.21 Å². The lowest BCUT2D eigenvalue weighted by Crippen LogP contribution is -2.19. The number of anilines is 1. The number of rotatable bonds is 3. The minimum Gasteiger partial charge on any atom is -0.452 e. The van der Waals surface area contributed by atoms with Gasteiger partial charge in [-0.05, 0) is 25.0 Å². The number of carbonyl (C=O) groups excluding carboxylic acids is 1. The molecule has 5 heterocycles. The maximum Gasteiger partial charge on any atom is 0.177 e. The summed E-state index contributed by atoms with van der Waals surface area (Å²) in [4.78, 5) is 20.4. The van der Waals surface area contributed by atoms with Crippen molar-refractivity contribution in [2.45, 2.75) is 31.7 Å². The molecule has 1 aliphatic rings. The highest BCUT2D eigenvalue weighted by atomic mass is 32.1. The smallest absolute Gasteiger partial charge is 0.177 e. The van der Waals surface area contributed by atoms with Crippen LogP contribution >= 0.6 is 11.3 Å². The first-order chi connectivity index (χ1) is 15.2. The predicted molar refractivity (Wildman–Crippen MR) is 121 cm³/mol. The standard InChI is InChI=1S/C23H19N5O2S/c24-23-22-17(7-20(30-22)19-12-31-21-10-25-5-4-16(19)21)18(9-26-23)13-8-27-28(11-13)14-2-1-3-15(29)6-14/h4-5,7-12,14H,1-3,6H2,(H2,24,26)/t14-/m1/s1. The van der Waals surface area contributed by atoms with Crippen LogP contribution in [0.4, 0.5) is 5.82 Å². The van der Waals surface area contributed by atoms with Gasteiger partial charge in [0, 0.05) is 70.5 Å². The number of ketones is 1. The second-order valence-electron chi connectivity index (χ2n) is 7.93. The topological polar surface area (TPSA) is 99.8 Å². The molecule has 0 spiro atoms. The lowest BCUT2D eigenvalue weighted by atomic mass is 9.94. The summed E-state index contributed by atoms with van der Waals surface area (Å²) in [5, 5.41) is 8.62. The van der Waals surface area contributed by atoms with Crippen molar-refractivity contribution in [3.05, 3.63) is 48.5 Å². The molecule has 1 atom stereocenters. The van der Waals surface area contributed by atoms with E-state index in [1.165, 1.54) is 0 Å². The van der Waals surface area contributed by atoms with Crippen LogP contribution in [-0.4, -0.2) is 25.5 Å². The van der Waals surface area contributed by atoms with Crippen LogP contribution < -0.4 is 5.73 Å². The number of fused-ring (bicyclic) bond motifs is 2. The van der Waals surface area contributed by atoms with Gasteiger partial charge in [-0.15, -0.1) is 11.3 Å². The number of thiophene rings is 1. The van der Waals surface area contributed by atoms with E-state index in [-0.39, 0.29) is 6.04 Å². The maximum atomic E-state index is 11.9. The van der Waals surface area contributed by atoms with Gasteiger partial charge in [0.1, 0.15) is 11.5 Å². The number of hydrogen-bond acceptors (Lipinski definition) is 7. The summed E-state index contributed by atoms with van der Waals surface area (Å²) in [6.07, 6.45) is 12.3. The van der Waals surface area contributed by atoms with E-state index in [2.05, 4.69) is 20.4 Å². The molecule has 7 nitrogen and oxygen atoms in total. The Hall–Kier alpha value is -3.52. The van der Waals surface area contributed by atoms with Crippen molar-refractivity contribution >= 4 is 44.0 Å². The normalized spacial score (nSPS) is 17.0. The van der Waals surface area contributed by atoms with Crippen LogP contribution in [0.2, 0.25) is 0 Å². The molecule has 0 saturated heterocycles. The van der Waals surface area contributed by atoms with Gasteiger partial charge in [0.05, 0.1) is 16.9 Å². The third-order valence-electron chi connectivity index (χ3n) is 5.97. The van der Waals surface area contributed by atoms with Gasteiger partial charge in [0.15, 0.2) is 11.4 Å². The number of Topliss-reactive ketones (excluding diaryl/α,β-unsaturated/α-hetero) is 1. The number of nitrogens with zero attached hydrogens (tertiary/aromatic N) is 4. The lowest BCUT2D eigenvalue weighted by molar-refractivity contribution is -0.121. The molecular formula is C23H19N5O2S. The zero-order chi connectivity index (χ0) is 20.9.